The molecule has 1 rings (SSSR count). The molecule has 0 fully saturated rings. The number of amides is 1. The third-order valence-corrected chi connectivity index (χ3v) is 3.15. The van der Waals surface area contributed by atoms with Gasteiger partial charge in [0.05, 0.1) is 11.4 Å². The molecule has 0 N–H and O–H groups in total. The van der Waals surface area contributed by atoms with E-state index in [0.717, 1.165) is 5.56 Å². The van der Waals surface area contributed by atoms with Crippen LogP contribution in [0.5, 0.6) is 0 Å². The van der Waals surface area contributed by atoms with E-state index < -0.39 is 5.82 Å². The summed E-state index contributed by atoms with van der Waals surface area (Å²) < 4.78 is 18.1. The van der Waals surface area contributed by atoms with Gasteiger partial charge in [0.2, 0.25) is 0 Å². The number of alkyl halides is 1. The second-order valence-corrected chi connectivity index (χ2v) is 5.49. The van der Waals surface area contributed by atoms with E-state index in [9.17, 15) is 9.18 Å². The molecule has 3 nitrogen and oxygen atoms in total. The Morgan fingerprint density at radius 1 is 1.56 bits per heavy atom. The van der Waals surface area contributed by atoms with Crippen LogP contribution < -0.4 is 0 Å². The highest BCUT2D eigenvalue weighted by Crippen LogP contribution is 2.13. The van der Waals surface area contributed by atoms with E-state index >= 15 is 0 Å². The maximum atomic E-state index is 13.2. The lowest BCUT2D eigenvalue weighted by atomic mass is 10.1. The van der Waals surface area contributed by atoms with E-state index in [1.807, 2.05) is 0 Å². The molecule has 0 bridgehead atoms. The Morgan fingerprint density at radius 3 is 2.83 bits per heavy atom. The van der Waals surface area contributed by atoms with Crippen molar-refractivity contribution in [1.29, 1.82) is 0 Å². The van der Waals surface area contributed by atoms with Crippen molar-refractivity contribution in [2.45, 2.75) is 11.8 Å². The molecule has 0 saturated carbocycles. The molecule has 0 heterocycles. The Bertz CT molecular complexity index is 425. The largest absolute Gasteiger partial charge is 0.383 e. The van der Waals surface area contributed by atoms with Gasteiger partial charge in [-0.3, -0.25) is 4.79 Å². The molecule has 5 heteroatoms. The summed E-state index contributed by atoms with van der Waals surface area (Å²) in [5.74, 6) is -0.586. The second-order valence-electron chi connectivity index (χ2n) is 4.20. The summed E-state index contributed by atoms with van der Waals surface area (Å²) in [6.07, 6.45) is 0. The fourth-order valence-electron chi connectivity index (χ4n) is 1.64. The molecule has 100 valence electrons. The number of methoxy groups -OCH3 is 1. The van der Waals surface area contributed by atoms with Gasteiger partial charge in [-0.25, -0.2) is 4.39 Å². The van der Waals surface area contributed by atoms with Gasteiger partial charge in [-0.2, -0.15) is 0 Å². The molecule has 0 aliphatic heterocycles. The Hall–Kier alpha value is -0.940. The zero-order valence-corrected chi connectivity index (χ0v) is 12.3. The lowest BCUT2D eigenvalue weighted by Gasteiger charge is -2.21. The molecular weight excluding hydrogens is 301 g/mol. The van der Waals surface area contributed by atoms with Crippen molar-refractivity contribution in [2.24, 2.45) is 0 Å². The summed E-state index contributed by atoms with van der Waals surface area (Å²) in [5, 5.41) is 0. The van der Waals surface area contributed by atoms with Crippen LogP contribution in [-0.4, -0.2) is 42.9 Å². The van der Waals surface area contributed by atoms with Crippen LogP contribution in [0.3, 0.4) is 0 Å². The van der Waals surface area contributed by atoms with Gasteiger partial charge in [-0.15, -0.1) is 0 Å². The van der Waals surface area contributed by atoms with Crippen LogP contribution in [0.1, 0.15) is 15.9 Å². The van der Waals surface area contributed by atoms with Gasteiger partial charge >= 0.3 is 0 Å². The topological polar surface area (TPSA) is 29.5 Å². The summed E-state index contributed by atoms with van der Waals surface area (Å²) in [6, 6.07) is 4.23. The van der Waals surface area contributed by atoms with Crippen molar-refractivity contribution < 1.29 is 13.9 Å². The molecule has 0 spiro atoms. The summed E-state index contributed by atoms with van der Waals surface area (Å²) in [4.78, 5) is 13.8. The maximum absolute atomic E-state index is 13.2. The molecule has 0 aliphatic rings. The fourth-order valence-corrected chi connectivity index (χ4v) is 2.34. The summed E-state index contributed by atoms with van der Waals surface area (Å²) in [7, 11) is 3.30. The van der Waals surface area contributed by atoms with Gasteiger partial charge in [0.25, 0.3) is 5.91 Å². The maximum Gasteiger partial charge on any atom is 0.254 e. The number of benzene rings is 1. The van der Waals surface area contributed by atoms with Gasteiger partial charge in [-0.05, 0) is 24.6 Å². The first-order chi connectivity index (χ1) is 8.45. The van der Waals surface area contributed by atoms with E-state index in [0.29, 0.717) is 18.7 Å². The van der Waals surface area contributed by atoms with Gasteiger partial charge in [-0.1, -0.05) is 22.0 Å². The fraction of sp³-hybridized carbons (Fsp3) is 0.462. The Labute approximate surface area is 115 Å². The molecular formula is C13H17BrFNO2. The van der Waals surface area contributed by atoms with E-state index in [1.54, 1.807) is 32.0 Å². The van der Waals surface area contributed by atoms with Crippen LogP contribution in [0.2, 0.25) is 0 Å². The Morgan fingerprint density at radius 2 is 2.22 bits per heavy atom. The third kappa shape index (κ3) is 4.07. The van der Waals surface area contributed by atoms with Crippen LogP contribution >= 0.6 is 15.9 Å². The Balaban J connectivity index is 2.77. The van der Waals surface area contributed by atoms with E-state index in [4.69, 9.17) is 4.74 Å². The summed E-state index contributed by atoms with van der Waals surface area (Å²) in [5.41, 5.74) is 1.17. The monoisotopic (exact) mass is 317 g/mol. The average molecular weight is 318 g/mol. The standard InChI is InChI=1S/C13H17BrFNO2/c1-9-4-5-11(15)6-12(9)13(17)16(2)7-10(14)8-18-3/h4-6,10H,7-8H2,1-3H3. The molecule has 0 radical (unpaired) electrons. The van der Waals surface area contributed by atoms with Gasteiger partial charge in [0, 0.05) is 26.3 Å². The number of carbonyl (C=O) groups excluding carboxylic acids is 1. The number of nitrogens with zero attached hydrogens (tertiary/aromatic N) is 1. The first-order valence-corrected chi connectivity index (χ1v) is 6.52. The van der Waals surface area contributed by atoms with Crippen LogP contribution in [0.25, 0.3) is 0 Å². The molecule has 1 aromatic carbocycles. The van der Waals surface area contributed by atoms with Crippen LogP contribution in [0.4, 0.5) is 4.39 Å². The highest BCUT2D eigenvalue weighted by Gasteiger charge is 2.17. The van der Waals surface area contributed by atoms with Crippen molar-refractivity contribution in [1.82, 2.24) is 4.90 Å². The van der Waals surface area contributed by atoms with Crippen molar-refractivity contribution in [3.8, 4) is 0 Å². The number of halogens is 2. The summed E-state index contributed by atoms with van der Waals surface area (Å²) >= 11 is 3.42. The van der Waals surface area contributed by atoms with Crippen LogP contribution in [-0.2, 0) is 4.74 Å². The molecule has 1 amide bonds. The molecule has 18 heavy (non-hydrogen) atoms. The average Bonchev–Trinajstić information content (AvgIpc) is 2.31. The number of hydrogen-bond donors (Lipinski definition) is 0. The predicted octanol–water partition coefficient (Wildman–Crippen LogP) is 2.62. The number of rotatable bonds is 5. The number of ether oxygens (including phenoxy) is 1. The Kier molecular flexibility index (Phi) is 5.75. The zero-order chi connectivity index (χ0) is 13.7. The van der Waals surface area contributed by atoms with Crippen molar-refractivity contribution in [3.63, 3.8) is 0 Å². The van der Waals surface area contributed by atoms with Gasteiger partial charge in [0.1, 0.15) is 5.82 Å². The van der Waals surface area contributed by atoms with Crippen LogP contribution in [0, 0.1) is 12.7 Å². The number of hydrogen-bond acceptors (Lipinski definition) is 2. The molecule has 0 saturated heterocycles. The number of carbonyl (C=O) groups is 1. The molecule has 1 atom stereocenters. The van der Waals surface area contributed by atoms with Crippen molar-refractivity contribution in [2.75, 3.05) is 27.3 Å². The van der Waals surface area contributed by atoms with Gasteiger partial charge in [0.15, 0.2) is 0 Å². The first kappa shape index (κ1) is 15.1. The normalized spacial score (nSPS) is 12.3. The summed E-state index contributed by atoms with van der Waals surface area (Å²) in [6.45, 7) is 2.81. The minimum atomic E-state index is -0.398. The predicted molar refractivity (Wildman–Crippen MR) is 72.7 cm³/mol. The van der Waals surface area contributed by atoms with E-state index in [-0.39, 0.29) is 10.7 Å². The smallest absolute Gasteiger partial charge is 0.254 e. The quantitative estimate of drug-likeness (QED) is 0.781. The highest BCUT2D eigenvalue weighted by molar-refractivity contribution is 9.09. The molecule has 0 aromatic heterocycles. The van der Waals surface area contributed by atoms with Crippen molar-refractivity contribution in [3.05, 3.63) is 35.1 Å². The zero-order valence-electron chi connectivity index (χ0n) is 10.7. The lowest BCUT2D eigenvalue weighted by molar-refractivity contribution is 0.0783. The minimum Gasteiger partial charge on any atom is -0.383 e. The highest BCUT2D eigenvalue weighted by atomic mass is 79.9. The first-order valence-electron chi connectivity index (χ1n) is 5.60. The SMILES string of the molecule is COCC(Br)CN(C)C(=O)c1cc(F)ccc1C. The second kappa shape index (κ2) is 6.85. The minimum absolute atomic E-state index is 0.0605. The molecule has 0 aliphatic carbocycles. The molecule has 1 unspecified atom stereocenters. The third-order valence-electron chi connectivity index (χ3n) is 2.60. The number of aryl methyl sites for hydroxylation is 1. The molecule has 1 aromatic rings. The van der Waals surface area contributed by atoms with E-state index in [1.165, 1.54) is 12.1 Å². The lowest BCUT2D eigenvalue weighted by Crippen LogP contribution is -2.34. The van der Waals surface area contributed by atoms with Crippen molar-refractivity contribution >= 4 is 21.8 Å². The van der Waals surface area contributed by atoms with Crippen LogP contribution in [0.15, 0.2) is 18.2 Å². The van der Waals surface area contributed by atoms with Gasteiger partial charge < -0.3 is 9.64 Å². The van der Waals surface area contributed by atoms with E-state index in [2.05, 4.69) is 15.9 Å².